The number of aromatic nitrogens is 1. The van der Waals surface area contributed by atoms with Crippen LogP contribution in [0.2, 0.25) is 0 Å². The third-order valence-electron chi connectivity index (χ3n) is 3.16. The molecule has 4 nitrogen and oxygen atoms in total. The minimum atomic E-state index is 0.232. The van der Waals surface area contributed by atoms with E-state index in [0.717, 1.165) is 18.5 Å². The van der Waals surface area contributed by atoms with Gasteiger partial charge in [-0.15, -0.1) is 0 Å². The van der Waals surface area contributed by atoms with E-state index >= 15 is 0 Å². The van der Waals surface area contributed by atoms with Gasteiger partial charge in [0, 0.05) is 31.3 Å². The van der Waals surface area contributed by atoms with Gasteiger partial charge in [0.15, 0.2) is 0 Å². The van der Waals surface area contributed by atoms with Gasteiger partial charge < -0.3 is 10.6 Å². The Bertz CT molecular complexity index is 392. The summed E-state index contributed by atoms with van der Waals surface area (Å²) in [6.45, 7) is 3.57. The Kier molecular flexibility index (Phi) is 3.08. The number of carbonyl (C=O) groups excluding carboxylic acids is 1. The highest BCUT2D eigenvalue weighted by Gasteiger charge is 2.28. The number of pyridine rings is 1. The summed E-state index contributed by atoms with van der Waals surface area (Å²) in [6, 6.07) is 3.78. The molecule has 1 fully saturated rings. The molecule has 4 heteroatoms. The van der Waals surface area contributed by atoms with Crippen LogP contribution in [-0.4, -0.2) is 22.3 Å². The van der Waals surface area contributed by atoms with Gasteiger partial charge in [0.1, 0.15) is 5.82 Å². The monoisotopic (exact) mass is 219 g/mol. The first kappa shape index (κ1) is 10.9. The first-order valence-electron chi connectivity index (χ1n) is 5.67. The largest absolute Gasteiger partial charge is 0.383 e. The highest BCUT2D eigenvalue weighted by atomic mass is 16.2. The second-order valence-corrected chi connectivity index (χ2v) is 4.30. The summed E-state index contributed by atoms with van der Waals surface area (Å²) in [5.41, 5.74) is 6.70. The zero-order chi connectivity index (χ0) is 11.5. The van der Waals surface area contributed by atoms with Gasteiger partial charge >= 0.3 is 0 Å². The molecule has 1 aliphatic heterocycles. The van der Waals surface area contributed by atoms with Crippen LogP contribution in [0.4, 0.5) is 5.82 Å². The van der Waals surface area contributed by atoms with Gasteiger partial charge in [-0.1, -0.05) is 19.4 Å². The second kappa shape index (κ2) is 4.51. The minimum Gasteiger partial charge on any atom is -0.383 e. The third-order valence-corrected chi connectivity index (χ3v) is 3.16. The summed E-state index contributed by atoms with van der Waals surface area (Å²) in [6.07, 6.45) is 3.40. The topological polar surface area (TPSA) is 59.2 Å². The van der Waals surface area contributed by atoms with Crippen molar-refractivity contribution in [3.05, 3.63) is 23.9 Å². The number of hydrogen-bond acceptors (Lipinski definition) is 3. The maximum Gasteiger partial charge on any atom is 0.223 e. The Morgan fingerprint density at radius 3 is 3.06 bits per heavy atom. The van der Waals surface area contributed by atoms with E-state index in [9.17, 15) is 4.79 Å². The van der Waals surface area contributed by atoms with E-state index in [-0.39, 0.29) is 5.91 Å². The molecule has 1 unspecified atom stereocenters. The smallest absolute Gasteiger partial charge is 0.223 e. The van der Waals surface area contributed by atoms with Gasteiger partial charge in [0.25, 0.3) is 0 Å². The van der Waals surface area contributed by atoms with Crippen LogP contribution in [0.25, 0.3) is 0 Å². The van der Waals surface area contributed by atoms with E-state index in [4.69, 9.17) is 5.73 Å². The number of amides is 1. The Morgan fingerprint density at radius 2 is 2.44 bits per heavy atom. The molecule has 0 aliphatic carbocycles. The summed E-state index contributed by atoms with van der Waals surface area (Å²) in [5.74, 6) is 1.26. The lowest BCUT2D eigenvalue weighted by Crippen LogP contribution is -2.25. The first-order chi connectivity index (χ1) is 7.70. The lowest BCUT2D eigenvalue weighted by atomic mass is 10.1. The molecule has 2 N–H and O–H groups in total. The van der Waals surface area contributed by atoms with Crippen molar-refractivity contribution in [3.8, 4) is 0 Å². The summed E-state index contributed by atoms with van der Waals surface area (Å²) < 4.78 is 0. The predicted octanol–water partition coefficient (Wildman–Crippen LogP) is 1.42. The van der Waals surface area contributed by atoms with Crippen LogP contribution in [0.3, 0.4) is 0 Å². The van der Waals surface area contributed by atoms with Crippen LogP contribution in [0, 0.1) is 5.92 Å². The van der Waals surface area contributed by atoms with Crippen LogP contribution >= 0.6 is 0 Å². The molecule has 0 bridgehead atoms. The maximum atomic E-state index is 11.7. The van der Waals surface area contributed by atoms with Crippen molar-refractivity contribution in [2.45, 2.75) is 26.3 Å². The molecule has 1 amide bonds. The van der Waals surface area contributed by atoms with Crippen LogP contribution < -0.4 is 5.73 Å². The van der Waals surface area contributed by atoms with Crippen molar-refractivity contribution >= 4 is 11.7 Å². The van der Waals surface area contributed by atoms with E-state index in [1.807, 2.05) is 17.0 Å². The van der Waals surface area contributed by atoms with Crippen molar-refractivity contribution in [3.63, 3.8) is 0 Å². The number of nitrogens with zero attached hydrogens (tertiary/aromatic N) is 2. The fraction of sp³-hybridized carbons (Fsp3) is 0.500. The molecular formula is C12H17N3O. The number of carbonyl (C=O) groups is 1. The van der Waals surface area contributed by atoms with Crippen LogP contribution in [-0.2, 0) is 11.3 Å². The van der Waals surface area contributed by atoms with Gasteiger partial charge in [-0.05, 0) is 12.0 Å². The number of anilines is 1. The molecule has 1 aliphatic rings. The molecule has 0 radical (unpaired) electrons. The molecule has 2 rings (SSSR count). The zero-order valence-corrected chi connectivity index (χ0v) is 9.52. The average molecular weight is 219 g/mol. The molecular weight excluding hydrogens is 202 g/mol. The number of nitrogens with two attached hydrogens (primary N) is 1. The Morgan fingerprint density at radius 1 is 1.62 bits per heavy atom. The SMILES string of the molecule is CCC1CC(=O)N(Cc2cccnc2N)C1. The summed E-state index contributed by atoms with van der Waals surface area (Å²) >= 11 is 0. The maximum absolute atomic E-state index is 11.7. The van der Waals surface area contributed by atoms with Crippen LogP contribution in [0.15, 0.2) is 18.3 Å². The van der Waals surface area contributed by atoms with E-state index < -0.39 is 0 Å². The van der Waals surface area contributed by atoms with E-state index in [0.29, 0.717) is 24.7 Å². The number of likely N-dealkylation sites (tertiary alicyclic amines) is 1. The van der Waals surface area contributed by atoms with Gasteiger partial charge in [-0.2, -0.15) is 0 Å². The quantitative estimate of drug-likeness (QED) is 0.836. The molecule has 0 saturated carbocycles. The molecule has 0 spiro atoms. The van der Waals surface area contributed by atoms with E-state index in [1.54, 1.807) is 6.20 Å². The highest BCUT2D eigenvalue weighted by Crippen LogP contribution is 2.23. The molecule has 16 heavy (non-hydrogen) atoms. The van der Waals surface area contributed by atoms with Crippen molar-refractivity contribution in [1.29, 1.82) is 0 Å². The molecule has 0 aromatic carbocycles. The van der Waals surface area contributed by atoms with E-state index in [2.05, 4.69) is 11.9 Å². The minimum absolute atomic E-state index is 0.232. The van der Waals surface area contributed by atoms with Gasteiger partial charge in [-0.25, -0.2) is 4.98 Å². The highest BCUT2D eigenvalue weighted by molar-refractivity contribution is 5.78. The number of hydrogen-bond donors (Lipinski definition) is 1. The molecule has 1 atom stereocenters. The first-order valence-corrected chi connectivity index (χ1v) is 5.67. The number of nitrogen functional groups attached to an aromatic ring is 1. The Balaban J connectivity index is 2.06. The van der Waals surface area contributed by atoms with Crippen LogP contribution in [0.1, 0.15) is 25.3 Å². The van der Waals surface area contributed by atoms with Gasteiger partial charge in [0.2, 0.25) is 5.91 Å². The van der Waals surface area contributed by atoms with Crippen molar-refractivity contribution in [1.82, 2.24) is 9.88 Å². The predicted molar refractivity (Wildman–Crippen MR) is 62.5 cm³/mol. The summed E-state index contributed by atoms with van der Waals surface area (Å²) in [7, 11) is 0. The van der Waals surface area contributed by atoms with Crippen molar-refractivity contribution in [2.24, 2.45) is 5.92 Å². The van der Waals surface area contributed by atoms with E-state index in [1.165, 1.54) is 0 Å². The average Bonchev–Trinajstić information content (AvgIpc) is 2.63. The lowest BCUT2D eigenvalue weighted by molar-refractivity contribution is -0.128. The fourth-order valence-electron chi connectivity index (χ4n) is 2.07. The van der Waals surface area contributed by atoms with Crippen molar-refractivity contribution in [2.75, 3.05) is 12.3 Å². The second-order valence-electron chi connectivity index (χ2n) is 4.30. The van der Waals surface area contributed by atoms with Crippen LogP contribution in [0.5, 0.6) is 0 Å². The zero-order valence-electron chi connectivity index (χ0n) is 9.52. The third kappa shape index (κ3) is 2.15. The molecule has 1 saturated heterocycles. The normalized spacial score (nSPS) is 20.4. The molecule has 1 aromatic rings. The molecule has 1 aromatic heterocycles. The van der Waals surface area contributed by atoms with Gasteiger partial charge in [-0.3, -0.25) is 4.79 Å². The number of rotatable bonds is 3. The molecule has 86 valence electrons. The Hall–Kier alpha value is -1.58. The van der Waals surface area contributed by atoms with Crippen molar-refractivity contribution < 1.29 is 4.79 Å². The Labute approximate surface area is 95.5 Å². The standard InChI is InChI=1S/C12H17N3O/c1-2-9-6-11(16)15(7-9)8-10-4-3-5-14-12(10)13/h3-5,9H,2,6-8H2,1H3,(H2,13,14). The summed E-state index contributed by atoms with van der Waals surface area (Å²) in [5, 5.41) is 0. The molecule has 2 heterocycles. The van der Waals surface area contributed by atoms with Gasteiger partial charge in [0.05, 0.1) is 0 Å². The fourth-order valence-corrected chi connectivity index (χ4v) is 2.07. The summed E-state index contributed by atoms with van der Waals surface area (Å²) in [4.78, 5) is 17.6. The lowest BCUT2D eigenvalue weighted by Gasteiger charge is -2.17.